The lowest BCUT2D eigenvalue weighted by Gasteiger charge is -2.08. The van der Waals surface area contributed by atoms with Gasteiger partial charge in [-0.1, -0.05) is 12.1 Å². The van der Waals surface area contributed by atoms with Crippen molar-refractivity contribution >= 4 is 0 Å². The highest BCUT2D eigenvalue weighted by Crippen LogP contribution is 2.21. The standard InChI is InChI=1S/C15H18N2O2/c1-19-14-6-3-12(4-7-14)13-5-8-15(18)17(11-13)10-2-9-16/h3-8,11H,2,9-10,16H2,1H3. The van der Waals surface area contributed by atoms with Gasteiger partial charge < -0.3 is 15.0 Å². The van der Waals surface area contributed by atoms with Crippen LogP contribution in [0, 0.1) is 0 Å². The zero-order valence-electron chi connectivity index (χ0n) is 11.0. The summed E-state index contributed by atoms with van der Waals surface area (Å²) in [4.78, 5) is 11.7. The predicted molar refractivity (Wildman–Crippen MR) is 76.4 cm³/mol. The minimum atomic E-state index is 0.00529. The third kappa shape index (κ3) is 3.23. The van der Waals surface area contributed by atoms with Crippen molar-refractivity contribution < 1.29 is 4.74 Å². The number of pyridine rings is 1. The molecule has 1 heterocycles. The molecule has 0 aliphatic carbocycles. The van der Waals surface area contributed by atoms with E-state index in [1.807, 2.05) is 36.5 Å². The van der Waals surface area contributed by atoms with Gasteiger partial charge in [0.15, 0.2) is 0 Å². The normalized spacial score (nSPS) is 10.4. The fraction of sp³-hybridized carbons (Fsp3) is 0.267. The van der Waals surface area contributed by atoms with E-state index < -0.39 is 0 Å². The maximum Gasteiger partial charge on any atom is 0.250 e. The van der Waals surface area contributed by atoms with Crippen molar-refractivity contribution in [2.24, 2.45) is 5.73 Å². The van der Waals surface area contributed by atoms with Crippen LogP contribution in [0.2, 0.25) is 0 Å². The Morgan fingerprint density at radius 1 is 1.11 bits per heavy atom. The highest BCUT2D eigenvalue weighted by atomic mass is 16.5. The Hall–Kier alpha value is -2.07. The average molecular weight is 258 g/mol. The lowest BCUT2D eigenvalue weighted by atomic mass is 10.1. The molecule has 1 aromatic carbocycles. The summed E-state index contributed by atoms with van der Waals surface area (Å²) in [6.07, 6.45) is 2.67. The van der Waals surface area contributed by atoms with Crippen molar-refractivity contribution in [1.82, 2.24) is 4.57 Å². The van der Waals surface area contributed by atoms with Crippen molar-refractivity contribution in [3.63, 3.8) is 0 Å². The molecule has 0 unspecified atom stereocenters. The molecule has 0 aliphatic heterocycles. The Morgan fingerprint density at radius 2 is 1.79 bits per heavy atom. The monoisotopic (exact) mass is 258 g/mol. The van der Waals surface area contributed by atoms with Gasteiger partial charge in [-0.2, -0.15) is 0 Å². The van der Waals surface area contributed by atoms with Gasteiger partial charge in [-0.15, -0.1) is 0 Å². The summed E-state index contributed by atoms with van der Waals surface area (Å²) in [5, 5.41) is 0. The second-order valence-electron chi connectivity index (χ2n) is 4.32. The number of nitrogens with two attached hydrogens (primary N) is 1. The summed E-state index contributed by atoms with van der Waals surface area (Å²) in [7, 11) is 1.64. The van der Waals surface area contributed by atoms with E-state index in [0.29, 0.717) is 13.1 Å². The lowest BCUT2D eigenvalue weighted by Crippen LogP contribution is -2.20. The summed E-state index contributed by atoms with van der Waals surface area (Å²) in [6.45, 7) is 1.23. The van der Waals surface area contributed by atoms with Crippen molar-refractivity contribution in [1.29, 1.82) is 0 Å². The first-order valence-electron chi connectivity index (χ1n) is 6.29. The second kappa shape index (κ2) is 6.20. The number of hydrogen-bond acceptors (Lipinski definition) is 3. The van der Waals surface area contributed by atoms with Crippen LogP contribution in [-0.2, 0) is 6.54 Å². The van der Waals surface area contributed by atoms with E-state index in [1.54, 1.807) is 17.7 Å². The Morgan fingerprint density at radius 3 is 2.42 bits per heavy atom. The van der Waals surface area contributed by atoms with Crippen LogP contribution < -0.4 is 16.0 Å². The summed E-state index contributed by atoms with van der Waals surface area (Å²) < 4.78 is 6.83. The summed E-state index contributed by atoms with van der Waals surface area (Å²) >= 11 is 0. The molecule has 0 aliphatic rings. The molecule has 0 bridgehead atoms. The number of ether oxygens (including phenoxy) is 1. The quantitative estimate of drug-likeness (QED) is 0.890. The molecule has 0 fully saturated rings. The highest BCUT2D eigenvalue weighted by molar-refractivity contribution is 5.63. The van der Waals surface area contributed by atoms with Crippen LogP contribution in [-0.4, -0.2) is 18.2 Å². The number of rotatable bonds is 5. The van der Waals surface area contributed by atoms with E-state index in [0.717, 1.165) is 23.3 Å². The highest BCUT2D eigenvalue weighted by Gasteiger charge is 2.02. The molecule has 4 nitrogen and oxygen atoms in total. The molecule has 2 N–H and O–H groups in total. The Kier molecular flexibility index (Phi) is 4.36. The number of nitrogens with zero attached hydrogens (tertiary/aromatic N) is 1. The van der Waals surface area contributed by atoms with Crippen LogP contribution in [0.5, 0.6) is 5.75 Å². The average Bonchev–Trinajstić information content (AvgIpc) is 2.46. The molecule has 0 amide bonds. The molecule has 0 saturated heterocycles. The Balaban J connectivity index is 2.30. The van der Waals surface area contributed by atoms with Gasteiger partial charge in [0, 0.05) is 18.8 Å². The first-order valence-corrected chi connectivity index (χ1v) is 6.29. The van der Waals surface area contributed by atoms with E-state index in [4.69, 9.17) is 10.5 Å². The van der Waals surface area contributed by atoms with Gasteiger partial charge in [0.05, 0.1) is 7.11 Å². The first-order chi connectivity index (χ1) is 9.24. The van der Waals surface area contributed by atoms with Gasteiger partial charge in [0.25, 0.3) is 5.56 Å². The second-order valence-corrected chi connectivity index (χ2v) is 4.32. The third-order valence-corrected chi connectivity index (χ3v) is 3.01. The molecule has 0 radical (unpaired) electrons. The van der Waals surface area contributed by atoms with Gasteiger partial charge in [-0.25, -0.2) is 0 Å². The fourth-order valence-electron chi connectivity index (χ4n) is 1.92. The van der Waals surface area contributed by atoms with E-state index in [9.17, 15) is 4.79 Å². The molecular formula is C15H18N2O2. The molecule has 0 saturated carbocycles. The number of aryl methyl sites for hydroxylation is 1. The molecule has 2 rings (SSSR count). The van der Waals surface area contributed by atoms with E-state index >= 15 is 0 Å². The first kappa shape index (κ1) is 13.4. The van der Waals surface area contributed by atoms with Gasteiger partial charge in [0.1, 0.15) is 5.75 Å². The molecule has 0 spiro atoms. The zero-order valence-corrected chi connectivity index (χ0v) is 11.0. The largest absolute Gasteiger partial charge is 0.497 e. The predicted octanol–water partition coefficient (Wildman–Crippen LogP) is 1.87. The number of methoxy groups -OCH3 is 1. The molecular weight excluding hydrogens is 240 g/mol. The zero-order chi connectivity index (χ0) is 13.7. The van der Waals surface area contributed by atoms with Crippen LogP contribution in [0.15, 0.2) is 47.4 Å². The fourth-order valence-corrected chi connectivity index (χ4v) is 1.92. The van der Waals surface area contributed by atoms with Crippen LogP contribution in [0.25, 0.3) is 11.1 Å². The molecule has 100 valence electrons. The van der Waals surface area contributed by atoms with Gasteiger partial charge in [-0.3, -0.25) is 4.79 Å². The molecule has 4 heteroatoms. The molecule has 2 aromatic rings. The molecule has 1 aromatic heterocycles. The number of benzene rings is 1. The van der Waals surface area contributed by atoms with Gasteiger partial charge in [-0.05, 0) is 42.3 Å². The number of aromatic nitrogens is 1. The van der Waals surface area contributed by atoms with Gasteiger partial charge >= 0.3 is 0 Å². The molecule has 0 atom stereocenters. The Bertz CT molecular complexity index is 588. The maximum atomic E-state index is 11.7. The molecule has 19 heavy (non-hydrogen) atoms. The lowest BCUT2D eigenvalue weighted by molar-refractivity contribution is 0.415. The third-order valence-electron chi connectivity index (χ3n) is 3.01. The topological polar surface area (TPSA) is 57.2 Å². The summed E-state index contributed by atoms with van der Waals surface area (Å²) in [5.74, 6) is 0.820. The number of hydrogen-bond donors (Lipinski definition) is 1. The van der Waals surface area contributed by atoms with Crippen LogP contribution in [0.1, 0.15) is 6.42 Å². The van der Waals surface area contributed by atoms with E-state index in [1.165, 1.54) is 0 Å². The van der Waals surface area contributed by atoms with Crippen molar-refractivity contribution in [3.8, 4) is 16.9 Å². The minimum absolute atomic E-state index is 0.00529. The van der Waals surface area contributed by atoms with Crippen molar-refractivity contribution in [3.05, 3.63) is 52.9 Å². The van der Waals surface area contributed by atoms with Crippen LogP contribution in [0.4, 0.5) is 0 Å². The summed E-state index contributed by atoms with van der Waals surface area (Å²) in [6, 6.07) is 11.2. The smallest absolute Gasteiger partial charge is 0.250 e. The van der Waals surface area contributed by atoms with Crippen LogP contribution >= 0.6 is 0 Å². The maximum absolute atomic E-state index is 11.7. The van der Waals surface area contributed by atoms with Crippen LogP contribution in [0.3, 0.4) is 0 Å². The van der Waals surface area contributed by atoms with Crippen molar-refractivity contribution in [2.75, 3.05) is 13.7 Å². The minimum Gasteiger partial charge on any atom is -0.497 e. The van der Waals surface area contributed by atoms with E-state index in [2.05, 4.69) is 0 Å². The van der Waals surface area contributed by atoms with Crippen molar-refractivity contribution in [2.45, 2.75) is 13.0 Å². The SMILES string of the molecule is COc1ccc(-c2ccc(=O)n(CCCN)c2)cc1. The van der Waals surface area contributed by atoms with Gasteiger partial charge in [0.2, 0.25) is 0 Å². The Labute approximate surface area is 112 Å². The van der Waals surface area contributed by atoms with E-state index in [-0.39, 0.29) is 5.56 Å². The summed E-state index contributed by atoms with van der Waals surface area (Å²) in [5.41, 5.74) is 7.55.